The molecule has 0 saturated carbocycles. The maximum atomic E-state index is 13.1. The van der Waals surface area contributed by atoms with E-state index >= 15 is 0 Å². The van der Waals surface area contributed by atoms with Crippen LogP contribution in [0.3, 0.4) is 0 Å². The minimum absolute atomic E-state index is 0.238. The molecular formula is C22H27N5O4. The highest BCUT2D eigenvalue weighted by Gasteiger charge is 2.48. The van der Waals surface area contributed by atoms with Crippen LogP contribution >= 0.6 is 0 Å². The zero-order valence-electron chi connectivity index (χ0n) is 17.6. The quantitative estimate of drug-likeness (QED) is 0.620. The molecule has 164 valence electrons. The van der Waals surface area contributed by atoms with Crippen molar-refractivity contribution in [1.82, 2.24) is 25.3 Å². The highest BCUT2D eigenvalue weighted by atomic mass is 16.3. The lowest BCUT2D eigenvalue weighted by molar-refractivity contribution is -0.149. The Balaban J connectivity index is 1.51. The molecule has 4 atom stereocenters. The van der Waals surface area contributed by atoms with Crippen molar-refractivity contribution in [2.75, 3.05) is 6.54 Å². The Morgan fingerprint density at radius 2 is 2.06 bits per heavy atom. The predicted molar refractivity (Wildman–Crippen MR) is 113 cm³/mol. The van der Waals surface area contributed by atoms with Crippen LogP contribution in [0.15, 0.2) is 36.5 Å². The molecule has 3 heterocycles. The second kappa shape index (κ2) is 8.50. The van der Waals surface area contributed by atoms with Crippen LogP contribution in [0.25, 0.3) is 5.69 Å². The molecule has 2 saturated heterocycles. The van der Waals surface area contributed by atoms with Gasteiger partial charge in [0, 0.05) is 12.6 Å². The second-order valence-corrected chi connectivity index (χ2v) is 8.14. The highest BCUT2D eigenvalue weighted by molar-refractivity contribution is 5.99. The van der Waals surface area contributed by atoms with E-state index in [-0.39, 0.29) is 30.3 Å². The molecule has 2 aliphatic heterocycles. The molecule has 0 radical (unpaired) electrons. The number of nitrogens with one attached hydrogen (secondary N) is 2. The van der Waals surface area contributed by atoms with E-state index in [9.17, 15) is 19.5 Å². The van der Waals surface area contributed by atoms with E-state index < -0.39 is 18.2 Å². The molecule has 3 amide bonds. The minimum atomic E-state index is -0.980. The number of rotatable bonds is 6. The van der Waals surface area contributed by atoms with Gasteiger partial charge in [-0.3, -0.25) is 14.4 Å². The van der Waals surface area contributed by atoms with Gasteiger partial charge in [-0.05, 0) is 31.9 Å². The van der Waals surface area contributed by atoms with Crippen molar-refractivity contribution in [3.63, 3.8) is 0 Å². The Bertz CT molecular complexity index is 987. The number of aliphatic hydroxyl groups is 1. The van der Waals surface area contributed by atoms with Gasteiger partial charge in [-0.1, -0.05) is 31.5 Å². The predicted octanol–water partition coefficient (Wildman–Crippen LogP) is 0.403. The molecule has 1 aromatic heterocycles. The molecular weight excluding hydrogens is 398 g/mol. The fourth-order valence-corrected chi connectivity index (χ4v) is 4.35. The van der Waals surface area contributed by atoms with Crippen LogP contribution in [0.1, 0.15) is 42.7 Å². The number of amides is 3. The summed E-state index contributed by atoms with van der Waals surface area (Å²) in [6.07, 6.45) is 2.47. The number of benzene rings is 1. The van der Waals surface area contributed by atoms with Gasteiger partial charge in [-0.2, -0.15) is 5.10 Å². The summed E-state index contributed by atoms with van der Waals surface area (Å²) in [6.45, 7) is 3.75. The van der Waals surface area contributed by atoms with Gasteiger partial charge in [-0.15, -0.1) is 0 Å². The normalized spacial score (nSPS) is 24.0. The van der Waals surface area contributed by atoms with Crippen molar-refractivity contribution >= 4 is 17.7 Å². The second-order valence-electron chi connectivity index (χ2n) is 8.14. The Hall–Kier alpha value is -3.20. The van der Waals surface area contributed by atoms with Gasteiger partial charge in [0.2, 0.25) is 11.8 Å². The molecule has 2 aromatic rings. The van der Waals surface area contributed by atoms with Crippen molar-refractivity contribution in [3.05, 3.63) is 47.8 Å². The van der Waals surface area contributed by atoms with E-state index in [0.717, 1.165) is 17.8 Å². The zero-order valence-corrected chi connectivity index (χ0v) is 17.6. The third-order valence-corrected chi connectivity index (χ3v) is 5.87. The number of fused-ring (bicyclic) bond motifs is 1. The number of hydrogen-bond donors (Lipinski definition) is 3. The molecule has 0 spiro atoms. The third-order valence-electron chi connectivity index (χ3n) is 5.87. The fraction of sp³-hybridized carbons (Fsp3) is 0.455. The van der Waals surface area contributed by atoms with Crippen molar-refractivity contribution < 1.29 is 19.5 Å². The molecule has 9 nitrogen and oxygen atoms in total. The molecule has 0 aliphatic carbocycles. The van der Waals surface area contributed by atoms with Crippen molar-refractivity contribution in [1.29, 1.82) is 0 Å². The lowest BCUT2D eigenvalue weighted by Crippen LogP contribution is -2.64. The van der Waals surface area contributed by atoms with Crippen LogP contribution in [0.2, 0.25) is 0 Å². The summed E-state index contributed by atoms with van der Waals surface area (Å²) in [5.74, 6) is -0.888. The maximum absolute atomic E-state index is 13.1. The lowest BCUT2D eigenvalue weighted by atomic mass is 10.0. The van der Waals surface area contributed by atoms with E-state index in [2.05, 4.69) is 15.7 Å². The molecule has 1 aromatic carbocycles. The van der Waals surface area contributed by atoms with E-state index in [1.54, 1.807) is 10.9 Å². The largest absolute Gasteiger partial charge is 0.391 e. The Morgan fingerprint density at radius 1 is 1.32 bits per heavy atom. The number of carbonyl (C=O) groups is 3. The molecule has 4 rings (SSSR count). The molecule has 2 fully saturated rings. The summed E-state index contributed by atoms with van der Waals surface area (Å²) in [6, 6.07) is 7.71. The molecule has 3 N–H and O–H groups in total. The van der Waals surface area contributed by atoms with E-state index in [4.69, 9.17) is 0 Å². The third kappa shape index (κ3) is 3.93. The van der Waals surface area contributed by atoms with Gasteiger partial charge in [0.05, 0.1) is 29.2 Å². The highest BCUT2D eigenvalue weighted by Crippen LogP contribution is 2.24. The van der Waals surface area contributed by atoms with Gasteiger partial charge in [-0.25, -0.2) is 4.68 Å². The van der Waals surface area contributed by atoms with Gasteiger partial charge in [0.1, 0.15) is 12.1 Å². The first-order valence-electron chi connectivity index (χ1n) is 10.6. The van der Waals surface area contributed by atoms with E-state index in [1.165, 1.54) is 11.8 Å². The Kier molecular flexibility index (Phi) is 5.77. The monoisotopic (exact) mass is 425 g/mol. The van der Waals surface area contributed by atoms with Crippen LogP contribution < -0.4 is 10.6 Å². The molecule has 9 heteroatoms. The van der Waals surface area contributed by atoms with Crippen molar-refractivity contribution in [2.24, 2.45) is 0 Å². The first-order valence-corrected chi connectivity index (χ1v) is 10.6. The number of nitrogens with zero attached hydrogens (tertiary/aromatic N) is 3. The zero-order chi connectivity index (χ0) is 22.1. The number of aliphatic hydroxyl groups excluding tert-OH is 1. The standard InChI is InChI=1S/C22H27N5O4/c1-3-7-17-16(11-23-27(17)15-8-5-4-6-9-15)20(29)24-14-10-18-21(30)25-19(13(2)28)22(31)26(18)12-14/h4-6,8-9,11,13-14,18-19,28H,3,7,10,12H2,1-2H3,(H,24,29)(H,25,30)/t13-,14+,18+,19+/m1/s1. The molecule has 0 bridgehead atoms. The van der Waals surface area contributed by atoms with Crippen LogP contribution in [-0.4, -0.2) is 68.3 Å². The number of aromatic nitrogens is 2. The van der Waals surface area contributed by atoms with Gasteiger partial charge in [0.15, 0.2) is 0 Å². The first-order chi connectivity index (χ1) is 14.9. The average Bonchev–Trinajstić information content (AvgIpc) is 3.36. The van der Waals surface area contributed by atoms with E-state index in [0.29, 0.717) is 18.4 Å². The van der Waals surface area contributed by atoms with Gasteiger partial charge in [0.25, 0.3) is 5.91 Å². The summed E-state index contributed by atoms with van der Waals surface area (Å²) in [5.41, 5.74) is 2.20. The van der Waals surface area contributed by atoms with E-state index in [1.807, 2.05) is 37.3 Å². The summed E-state index contributed by atoms with van der Waals surface area (Å²) in [5, 5.41) is 19.8. The Morgan fingerprint density at radius 3 is 2.74 bits per heavy atom. The molecule has 31 heavy (non-hydrogen) atoms. The number of piperazine rings is 1. The smallest absolute Gasteiger partial charge is 0.255 e. The lowest BCUT2D eigenvalue weighted by Gasteiger charge is -2.35. The van der Waals surface area contributed by atoms with Crippen molar-refractivity contribution in [3.8, 4) is 5.69 Å². The fourth-order valence-electron chi connectivity index (χ4n) is 4.35. The number of carbonyl (C=O) groups excluding carboxylic acids is 3. The summed E-state index contributed by atoms with van der Waals surface area (Å²) >= 11 is 0. The van der Waals surface area contributed by atoms with Crippen molar-refractivity contribution in [2.45, 2.75) is 57.3 Å². The molecule has 2 aliphatic rings. The first kappa shape index (κ1) is 21.0. The SMILES string of the molecule is CCCc1c(C(=O)N[C@H]2C[C@H]3C(=O)N[C@@H]([C@@H](C)O)C(=O)N3C2)cnn1-c1ccccc1. The van der Waals surface area contributed by atoms with Crippen LogP contribution in [0.4, 0.5) is 0 Å². The van der Waals surface area contributed by atoms with Crippen LogP contribution in [-0.2, 0) is 16.0 Å². The van der Waals surface area contributed by atoms with Crippen LogP contribution in [0, 0.1) is 0 Å². The van der Waals surface area contributed by atoms with Gasteiger partial charge < -0.3 is 20.6 Å². The number of hydrogen-bond acceptors (Lipinski definition) is 5. The molecule has 0 unspecified atom stereocenters. The maximum Gasteiger partial charge on any atom is 0.255 e. The topological polar surface area (TPSA) is 117 Å². The summed E-state index contributed by atoms with van der Waals surface area (Å²) < 4.78 is 1.78. The van der Waals surface area contributed by atoms with Gasteiger partial charge >= 0.3 is 0 Å². The summed E-state index contributed by atoms with van der Waals surface area (Å²) in [4.78, 5) is 39.5. The number of para-hydroxylation sites is 1. The Labute approximate surface area is 180 Å². The van der Waals surface area contributed by atoms with Crippen LogP contribution in [0.5, 0.6) is 0 Å². The average molecular weight is 425 g/mol. The minimum Gasteiger partial charge on any atom is -0.391 e. The summed E-state index contributed by atoms with van der Waals surface area (Å²) in [7, 11) is 0.